The molecular formula is C19H18N2O3S. The molecule has 0 bridgehead atoms. The highest BCUT2D eigenvalue weighted by Gasteiger charge is 2.07. The number of benzene rings is 2. The highest BCUT2D eigenvalue weighted by Crippen LogP contribution is 2.23. The Morgan fingerprint density at radius 1 is 1.00 bits per heavy atom. The van der Waals surface area contributed by atoms with Crippen molar-refractivity contribution in [1.82, 2.24) is 4.98 Å². The molecule has 0 spiro atoms. The lowest BCUT2D eigenvalue weighted by Gasteiger charge is -2.09. The fourth-order valence-corrected chi connectivity index (χ4v) is 3.09. The van der Waals surface area contributed by atoms with Crippen LogP contribution in [0.25, 0.3) is 11.1 Å². The first-order chi connectivity index (χ1) is 11.9. The van der Waals surface area contributed by atoms with E-state index in [1.807, 2.05) is 12.1 Å². The van der Waals surface area contributed by atoms with Gasteiger partial charge in [0.2, 0.25) is 0 Å². The van der Waals surface area contributed by atoms with Gasteiger partial charge in [0.1, 0.15) is 5.75 Å². The third kappa shape index (κ3) is 4.36. The maximum Gasteiger partial charge on any atom is 0.175 e. The second kappa shape index (κ2) is 6.94. The van der Waals surface area contributed by atoms with Crippen molar-refractivity contribution >= 4 is 15.5 Å². The predicted molar refractivity (Wildman–Crippen MR) is 98.2 cm³/mol. The van der Waals surface area contributed by atoms with Crippen LogP contribution in [0.3, 0.4) is 0 Å². The van der Waals surface area contributed by atoms with Gasteiger partial charge in [0.15, 0.2) is 9.84 Å². The molecule has 2 N–H and O–H groups in total. The van der Waals surface area contributed by atoms with E-state index in [2.05, 4.69) is 10.3 Å². The zero-order chi connectivity index (χ0) is 17.9. The van der Waals surface area contributed by atoms with Gasteiger partial charge < -0.3 is 10.4 Å². The second-order valence-corrected chi connectivity index (χ2v) is 7.80. The minimum Gasteiger partial charge on any atom is -0.508 e. The number of sulfone groups is 1. The Morgan fingerprint density at radius 2 is 1.76 bits per heavy atom. The molecule has 0 atom stereocenters. The molecule has 3 rings (SSSR count). The number of rotatable bonds is 5. The number of hydrogen-bond acceptors (Lipinski definition) is 5. The van der Waals surface area contributed by atoms with Crippen LogP contribution in [0.2, 0.25) is 0 Å². The van der Waals surface area contributed by atoms with E-state index in [9.17, 15) is 13.5 Å². The quantitative estimate of drug-likeness (QED) is 0.733. The number of hydrogen-bond donors (Lipinski definition) is 2. The highest BCUT2D eigenvalue weighted by atomic mass is 32.2. The summed E-state index contributed by atoms with van der Waals surface area (Å²) in [6.45, 7) is 0.562. The summed E-state index contributed by atoms with van der Waals surface area (Å²) in [4.78, 5) is 4.53. The van der Waals surface area contributed by atoms with E-state index in [1.54, 1.807) is 54.9 Å². The molecule has 0 radical (unpaired) electrons. The number of phenols is 1. The van der Waals surface area contributed by atoms with Gasteiger partial charge in [-0.3, -0.25) is 4.98 Å². The van der Waals surface area contributed by atoms with E-state index in [0.717, 1.165) is 22.4 Å². The maximum atomic E-state index is 11.5. The average molecular weight is 354 g/mol. The molecule has 0 aliphatic rings. The lowest BCUT2D eigenvalue weighted by Crippen LogP contribution is -2.00. The van der Waals surface area contributed by atoms with E-state index < -0.39 is 9.84 Å². The minimum absolute atomic E-state index is 0.233. The fourth-order valence-electron chi connectivity index (χ4n) is 2.46. The molecular weight excluding hydrogens is 336 g/mol. The third-order valence-corrected chi connectivity index (χ3v) is 4.89. The van der Waals surface area contributed by atoms with Crippen molar-refractivity contribution < 1.29 is 13.5 Å². The van der Waals surface area contributed by atoms with E-state index in [4.69, 9.17) is 0 Å². The van der Waals surface area contributed by atoms with Crippen molar-refractivity contribution in [2.75, 3.05) is 11.6 Å². The molecule has 1 aromatic heterocycles. The summed E-state index contributed by atoms with van der Waals surface area (Å²) in [6.07, 6.45) is 4.64. The van der Waals surface area contributed by atoms with E-state index in [0.29, 0.717) is 11.4 Å². The molecule has 0 aliphatic carbocycles. The second-order valence-electron chi connectivity index (χ2n) is 5.78. The lowest BCUT2D eigenvalue weighted by molar-refractivity contribution is 0.474. The summed E-state index contributed by atoms with van der Waals surface area (Å²) in [7, 11) is -3.20. The van der Waals surface area contributed by atoms with Gasteiger partial charge in [-0.25, -0.2) is 8.42 Å². The van der Waals surface area contributed by atoms with Crippen LogP contribution in [-0.4, -0.2) is 24.8 Å². The topological polar surface area (TPSA) is 79.3 Å². The van der Waals surface area contributed by atoms with Crippen molar-refractivity contribution in [1.29, 1.82) is 0 Å². The van der Waals surface area contributed by atoms with Crippen LogP contribution >= 0.6 is 0 Å². The highest BCUT2D eigenvalue weighted by molar-refractivity contribution is 7.90. The third-order valence-electron chi connectivity index (χ3n) is 3.76. The first kappa shape index (κ1) is 17.0. The van der Waals surface area contributed by atoms with Crippen molar-refractivity contribution in [3.63, 3.8) is 0 Å². The number of phenolic OH excluding ortho intramolecular Hbond substituents is 1. The number of aromatic nitrogens is 1. The van der Waals surface area contributed by atoms with Gasteiger partial charge in [0.05, 0.1) is 10.6 Å². The average Bonchev–Trinajstić information content (AvgIpc) is 2.60. The molecule has 0 saturated carbocycles. The Balaban J connectivity index is 1.77. The first-order valence-corrected chi connectivity index (χ1v) is 9.58. The van der Waals surface area contributed by atoms with Crippen LogP contribution in [0.5, 0.6) is 5.75 Å². The van der Waals surface area contributed by atoms with Crippen molar-refractivity contribution in [3.8, 4) is 16.9 Å². The fraction of sp³-hybridized carbons (Fsp3) is 0.105. The molecule has 0 amide bonds. The van der Waals surface area contributed by atoms with Crippen LogP contribution < -0.4 is 5.32 Å². The number of nitrogens with one attached hydrogen (secondary N) is 1. The molecule has 6 heteroatoms. The van der Waals surface area contributed by atoms with Gasteiger partial charge in [0.25, 0.3) is 0 Å². The zero-order valence-corrected chi connectivity index (χ0v) is 14.5. The first-order valence-electron chi connectivity index (χ1n) is 7.69. The number of pyridine rings is 1. The van der Waals surface area contributed by atoms with Gasteiger partial charge in [-0.2, -0.15) is 0 Å². The largest absolute Gasteiger partial charge is 0.508 e. The number of anilines is 1. The minimum atomic E-state index is -3.20. The van der Waals surface area contributed by atoms with Crippen LogP contribution in [0.4, 0.5) is 5.69 Å². The number of aromatic hydroxyl groups is 1. The Morgan fingerprint density at radius 3 is 2.44 bits per heavy atom. The smallest absolute Gasteiger partial charge is 0.175 e. The molecule has 5 nitrogen and oxygen atoms in total. The van der Waals surface area contributed by atoms with Crippen molar-refractivity contribution in [3.05, 3.63) is 72.6 Å². The van der Waals surface area contributed by atoms with Gasteiger partial charge in [-0.1, -0.05) is 24.3 Å². The van der Waals surface area contributed by atoms with Crippen molar-refractivity contribution in [2.45, 2.75) is 11.4 Å². The molecule has 0 aliphatic heterocycles. The molecule has 25 heavy (non-hydrogen) atoms. The van der Waals surface area contributed by atoms with E-state index in [-0.39, 0.29) is 5.75 Å². The Bertz CT molecular complexity index is 984. The monoisotopic (exact) mass is 354 g/mol. The molecule has 0 fully saturated rings. The summed E-state index contributed by atoms with van der Waals surface area (Å²) in [5.41, 5.74) is 3.58. The Labute approximate surface area is 146 Å². The van der Waals surface area contributed by atoms with Gasteiger partial charge in [-0.05, 0) is 41.5 Å². The summed E-state index contributed by atoms with van der Waals surface area (Å²) in [5.74, 6) is 0.233. The summed E-state index contributed by atoms with van der Waals surface area (Å²) >= 11 is 0. The maximum absolute atomic E-state index is 11.5. The molecule has 2 aromatic carbocycles. The predicted octanol–water partition coefficient (Wildman–Crippen LogP) is 3.47. The van der Waals surface area contributed by atoms with Crippen molar-refractivity contribution in [2.24, 2.45) is 0 Å². The van der Waals surface area contributed by atoms with Crippen LogP contribution in [0.1, 0.15) is 5.56 Å². The van der Waals surface area contributed by atoms with E-state index >= 15 is 0 Å². The van der Waals surface area contributed by atoms with Gasteiger partial charge in [-0.15, -0.1) is 0 Å². The van der Waals surface area contributed by atoms with Crippen LogP contribution in [-0.2, 0) is 16.4 Å². The lowest BCUT2D eigenvalue weighted by atomic mass is 10.1. The summed E-state index contributed by atoms with van der Waals surface area (Å²) < 4.78 is 23.1. The van der Waals surface area contributed by atoms with Crippen LogP contribution in [0, 0.1) is 0 Å². The molecule has 0 saturated heterocycles. The normalized spacial score (nSPS) is 11.2. The molecule has 1 heterocycles. The molecule has 0 unspecified atom stereocenters. The summed E-state index contributed by atoms with van der Waals surface area (Å²) in [5, 5.41) is 12.8. The van der Waals surface area contributed by atoms with Gasteiger partial charge in [0, 0.05) is 30.8 Å². The summed E-state index contributed by atoms with van der Waals surface area (Å²) in [6, 6.07) is 15.7. The Kier molecular flexibility index (Phi) is 4.72. The SMILES string of the molecule is CS(=O)(=O)c1ccc(-c2cncc(NCc3cccc(O)c3)c2)cc1. The van der Waals surface area contributed by atoms with Gasteiger partial charge >= 0.3 is 0 Å². The Hall–Kier alpha value is -2.86. The van der Waals surface area contributed by atoms with E-state index in [1.165, 1.54) is 6.26 Å². The molecule has 3 aromatic rings. The number of nitrogens with zero attached hydrogens (tertiary/aromatic N) is 1. The zero-order valence-electron chi connectivity index (χ0n) is 13.7. The molecule has 128 valence electrons. The van der Waals surface area contributed by atoms with Crippen LogP contribution in [0.15, 0.2) is 71.9 Å². The standard InChI is InChI=1S/C19H18N2O3S/c1-25(23,24)19-7-5-15(6-8-19)16-10-17(13-20-12-16)21-11-14-3-2-4-18(22)9-14/h2-10,12-13,21-22H,11H2,1H3.